The van der Waals surface area contributed by atoms with Gasteiger partial charge >= 0.3 is 0 Å². The molecule has 2 aliphatic heterocycles. The van der Waals surface area contributed by atoms with E-state index in [0.29, 0.717) is 37.3 Å². The minimum Gasteiger partial charge on any atom is -0.497 e. The van der Waals surface area contributed by atoms with Crippen LogP contribution in [0.4, 0.5) is 11.4 Å². The van der Waals surface area contributed by atoms with Gasteiger partial charge in [-0.25, -0.2) is 8.42 Å². The second kappa shape index (κ2) is 8.78. The Hall–Kier alpha value is -2.74. The molecule has 0 bridgehead atoms. The van der Waals surface area contributed by atoms with Crippen LogP contribution in [0.2, 0.25) is 0 Å². The Balaban J connectivity index is 1.46. The third-order valence-electron chi connectivity index (χ3n) is 6.08. The second-order valence-electron chi connectivity index (χ2n) is 8.07. The summed E-state index contributed by atoms with van der Waals surface area (Å²) in [6.07, 6.45) is 1.53. The van der Waals surface area contributed by atoms with Crippen molar-refractivity contribution in [2.45, 2.75) is 19.8 Å². The lowest BCUT2D eigenvalue weighted by Crippen LogP contribution is -2.48. The number of carbonyl (C=O) groups is 1. The maximum atomic E-state index is 13.2. The fourth-order valence-electron chi connectivity index (χ4n) is 4.21. The van der Waals surface area contributed by atoms with Crippen LogP contribution in [0.5, 0.6) is 5.75 Å². The molecule has 0 spiro atoms. The first-order valence-electron chi connectivity index (χ1n) is 10.7. The molecule has 31 heavy (non-hydrogen) atoms. The molecule has 7 nitrogen and oxygen atoms in total. The number of carbonyl (C=O) groups excluding carboxylic acids is 1. The molecule has 166 valence electrons. The molecule has 4 rings (SSSR count). The molecule has 0 aliphatic carbocycles. The summed E-state index contributed by atoms with van der Waals surface area (Å²) >= 11 is 0. The quantitative estimate of drug-likeness (QED) is 0.727. The Morgan fingerprint density at radius 1 is 0.935 bits per heavy atom. The number of rotatable bonds is 4. The molecule has 2 aliphatic rings. The standard InChI is InChI=1S/C23H29N3O4S/c1-18-5-6-19(17-22(18)26-11-3-4-16-31(26,28)29)23(27)25-14-12-24(13-15-25)20-7-9-21(30-2)10-8-20/h5-10,17H,3-4,11-16H2,1-2H3. The first-order valence-corrected chi connectivity index (χ1v) is 12.3. The fourth-order valence-corrected chi connectivity index (χ4v) is 5.91. The van der Waals surface area contributed by atoms with E-state index >= 15 is 0 Å². The van der Waals surface area contributed by atoms with Gasteiger partial charge in [-0.15, -0.1) is 0 Å². The third kappa shape index (κ3) is 4.49. The van der Waals surface area contributed by atoms with Crippen molar-refractivity contribution in [2.24, 2.45) is 0 Å². The van der Waals surface area contributed by atoms with Gasteiger partial charge in [-0.2, -0.15) is 0 Å². The van der Waals surface area contributed by atoms with Gasteiger partial charge in [0.15, 0.2) is 0 Å². The number of anilines is 2. The number of sulfonamides is 1. The molecule has 2 aromatic carbocycles. The van der Waals surface area contributed by atoms with E-state index in [2.05, 4.69) is 4.90 Å². The van der Waals surface area contributed by atoms with Gasteiger partial charge in [0.05, 0.1) is 18.6 Å². The van der Waals surface area contributed by atoms with Crippen LogP contribution in [0, 0.1) is 6.92 Å². The normalized spacial score (nSPS) is 18.7. The van der Waals surface area contributed by atoms with Gasteiger partial charge in [0.25, 0.3) is 5.91 Å². The third-order valence-corrected chi connectivity index (χ3v) is 7.93. The summed E-state index contributed by atoms with van der Waals surface area (Å²) < 4.78 is 31.8. The minimum absolute atomic E-state index is 0.0509. The lowest BCUT2D eigenvalue weighted by atomic mass is 10.1. The van der Waals surface area contributed by atoms with Crippen molar-refractivity contribution >= 4 is 27.3 Å². The molecule has 0 atom stereocenters. The zero-order chi connectivity index (χ0) is 22.0. The number of amides is 1. The summed E-state index contributed by atoms with van der Waals surface area (Å²) in [5.41, 5.74) is 3.15. The van der Waals surface area contributed by atoms with E-state index in [1.54, 1.807) is 19.2 Å². The van der Waals surface area contributed by atoms with Gasteiger partial charge in [0.2, 0.25) is 10.0 Å². The molecule has 0 N–H and O–H groups in total. The average Bonchev–Trinajstić information content (AvgIpc) is 2.79. The maximum Gasteiger partial charge on any atom is 0.254 e. The van der Waals surface area contributed by atoms with Crippen LogP contribution < -0.4 is 13.9 Å². The van der Waals surface area contributed by atoms with Crippen LogP contribution in [0.3, 0.4) is 0 Å². The highest BCUT2D eigenvalue weighted by molar-refractivity contribution is 7.92. The van der Waals surface area contributed by atoms with Gasteiger partial charge in [0.1, 0.15) is 5.75 Å². The predicted octanol–water partition coefficient (Wildman–Crippen LogP) is 2.90. The molecule has 1 amide bonds. The molecule has 2 aromatic rings. The zero-order valence-electron chi connectivity index (χ0n) is 18.1. The smallest absolute Gasteiger partial charge is 0.254 e. The van der Waals surface area contributed by atoms with Crippen molar-refractivity contribution in [3.05, 3.63) is 53.6 Å². The average molecular weight is 444 g/mol. The van der Waals surface area contributed by atoms with E-state index in [1.165, 1.54) is 4.31 Å². The minimum atomic E-state index is -3.32. The summed E-state index contributed by atoms with van der Waals surface area (Å²) in [5, 5.41) is 0. The maximum absolute atomic E-state index is 13.2. The van der Waals surface area contributed by atoms with E-state index in [4.69, 9.17) is 4.74 Å². The van der Waals surface area contributed by atoms with Crippen molar-refractivity contribution in [2.75, 3.05) is 54.8 Å². The van der Waals surface area contributed by atoms with Crippen molar-refractivity contribution in [1.82, 2.24) is 4.90 Å². The number of methoxy groups -OCH3 is 1. The number of piperazine rings is 1. The number of hydrogen-bond acceptors (Lipinski definition) is 5. The van der Waals surface area contributed by atoms with Crippen molar-refractivity contribution in [3.8, 4) is 5.75 Å². The van der Waals surface area contributed by atoms with Crippen LogP contribution in [-0.4, -0.2) is 64.8 Å². The Kier molecular flexibility index (Phi) is 6.09. The monoisotopic (exact) mass is 443 g/mol. The summed E-state index contributed by atoms with van der Waals surface area (Å²) in [6.45, 7) is 5.10. The van der Waals surface area contributed by atoms with E-state index in [9.17, 15) is 13.2 Å². The summed E-state index contributed by atoms with van der Waals surface area (Å²) in [6, 6.07) is 13.3. The Morgan fingerprint density at radius 2 is 1.65 bits per heavy atom. The highest BCUT2D eigenvalue weighted by Gasteiger charge is 2.29. The van der Waals surface area contributed by atoms with E-state index in [1.807, 2.05) is 42.2 Å². The Bertz CT molecular complexity index is 1040. The molecule has 2 heterocycles. The van der Waals surface area contributed by atoms with Crippen molar-refractivity contribution < 1.29 is 17.9 Å². The lowest BCUT2D eigenvalue weighted by Gasteiger charge is -2.36. The topological polar surface area (TPSA) is 70.2 Å². The summed E-state index contributed by atoms with van der Waals surface area (Å²) in [4.78, 5) is 17.3. The molecule has 2 saturated heterocycles. The number of aryl methyl sites for hydroxylation is 1. The highest BCUT2D eigenvalue weighted by Crippen LogP contribution is 2.29. The van der Waals surface area contributed by atoms with Crippen LogP contribution in [0.1, 0.15) is 28.8 Å². The number of hydrogen-bond donors (Lipinski definition) is 0. The van der Waals surface area contributed by atoms with Gasteiger partial charge < -0.3 is 14.5 Å². The van der Waals surface area contributed by atoms with E-state index in [0.717, 1.165) is 36.5 Å². The molecule has 0 saturated carbocycles. The zero-order valence-corrected chi connectivity index (χ0v) is 18.9. The lowest BCUT2D eigenvalue weighted by molar-refractivity contribution is 0.0747. The fraction of sp³-hybridized carbons (Fsp3) is 0.435. The predicted molar refractivity (Wildman–Crippen MR) is 123 cm³/mol. The molecular weight excluding hydrogens is 414 g/mol. The summed E-state index contributed by atoms with van der Waals surface area (Å²) in [5.74, 6) is 0.936. The van der Waals surface area contributed by atoms with Gasteiger partial charge in [-0.3, -0.25) is 9.10 Å². The Morgan fingerprint density at radius 3 is 2.29 bits per heavy atom. The first-order chi connectivity index (χ1) is 14.9. The van der Waals surface area contributed by atoms with Crippen LogP contribution in [-0.2, 0) is 10.0 Å². The molecule has 0 aromatic heterocycles. The number of benzene rings is 2. The largest absolute Gasteiger partial charge is 0.497 e. The number of ether oxygens (including phenoxy) is 1. The van der Waals surface area contributed by atoms with Gasteiger partial charge in [-0.1, -0.05) is 6.07 Å². The number of nitrogens with zero attached hydrogens (tertiary/aromatic N) is 3. The van der Waals surface area contributed by atoms with Gasteiger partial charge in [-0.05, 0) is 61.7 Å². The van der Waals surface area contributed by atoms with Crippen LogP contribution >= 0.6 is 0 Å². The van der Waals surface area contributed by atoms with Crippen molar-refractivity contribution in [1.29, 1.82) is 0 Å². The highest BCUT2D eigenvalue weighted by atomic mass is 32.2. The van der Waals surface area contributed by atoms with Crippen LogP contribution in [0.15, 0.2) is 42.5 Å². The molecule has 8 heteroatoms. The SMILES string of the molecule is COc1ccc(N2CCN(C(=O)c3ccc(C)c(N4CCCCS4(=O)=O)c3)CC2)cc1. The summed E-state index contributed by atoms with van der Waals surface area (Å²) in [7, 11) is -1.67. The van der Waals surface area contributed by atoms with Gasteiger partial charge in [0, 0.05) is 44.0 Å². The van der Waals surface area contributed by atoms with Crippen molar-refractivity contribution in [3.63, 3.8) is 0 Å². The Labute approximate surface area is 184 Å². The molecule has 2 fully saturated rings. The molecular formula is C23H29N3O4S. The first kappa shape index (κ1) is 21.5. The second-order valence-corrected chi connectivity index (χ2v) is 10.1. The molecule has 0 unspecified atom stereocenters. The van der Waals surface area contributed by atoms with E-state index < -0.39 is 10.0 Å². The van der Waals surface area contributed by atoms with Crippen LogP contribution in [0.25, 0.3) is 0 Å². The molecule has 0 radical (unpaired) electrons. The van der Waals surface area contributed by atoms with E-state index in [-0.39, 0.29) is 11.7 Å².